The van der Waals surface area contributed by atoms with Crippen LogP contribution in [0.25, 0.3) is 0 Å². The van der Waals surface area contributed by atoms with E-state index < -0.39 is 0 Å². The molecule has 0 spiro atoms. The summed E-state index contributed by atoms with van der Waals surface area (Å²) < 4.78 is 0. The van der Waals surface area contributed by atoms with Crippen molar-refractivity contribution in [1.82, 2.24) is 4.98 Å². The quantitative estimate of drug-likeness (QED) is 0.522. The lowest BCUT2D eigenvalue weighted by atomic mass is 9.69. The normalized spacial score (nSPS) is 27.5. The predicted molar refractivity (Wildman–Crippen MR) is 54.8 cm³/mol. The fourth-order valence-corrected chi connectivity index (χ4v) is 2.93. The van der Waals surface area contributed by atoms with Gasteiger partial charge in [-0.05, 0) is 37.2 Å². The number of hydrogen-bond acceptors (Lipinski definition) is 3. The van der Waals surface area contributed by atoms with Crippen LogP contribution in [0, 0.1) is 10.1 Å². The highest BCUT2D eigenvalue weighted by Gasteiger charge is 2.34. The van der Waals surface area contributed by atoms with E-state index in [2.05, 4.69) is 4.98 Å². The Bertz CT molecular complexity index is 423. The Balaban J connectivity index is 2.12. The Hall–Kier alpha value is -1.45. The molecule has 1 aromatic rings. The Labute approximate surface area is 87.5 Å². The molecule has 1 saturated carbocycles. The first-order valence-corrected chi connectivity index (χ1v) is 5.40. The van der Waals surface area contributed by atoms with Gasteiger partial charge in [0.05, 0.1) is 4.92 Å². The van der Waals surface area contributed by atoms with Crippen molar-refractivity contribution in [3.05, 3.63) is 33.6 Å². The van der Waals surface area contributed by atoms with Gasteiger partial charge in [0, 0.05) is 17.7 Å². The van der Waals surface area contributed by atoms with Gasteiger partial charge in [-0.25, -0.2) is 0 Å². The van der Waals surface area contributed by atoms with Crippen LogP contribution in [0.2, 0.25) is 0 Å². The average Bonchev–Trinajstić information content (AvgIpc) is 2.30. The van der Waals surface area contributed by atoms with Crippen molar-refractivity contribution in [2.45, 2.75) is 37.5 Å². The first kappa shape index (κ1) is 8.83. The van der Waals surface area contributed by atoms with E-state index in [1.807, 2.05) is 0 Å². The number of nitro groups is 1. The molecule has 15 heavy (non-hydrogen) atoms. The molecule has 3 aliphatic carbocycles. The molecule has 4 rings (SSSR count). The summed E-state index contributed by atoms with van der Waals surface area (Å²) in [5.74, 6) is 1.09. The predicted octanol–water partition coefficient (Wildman–Crippen LogP) is 2.74. The molecule has 0 unspecified atom stereocenters. The summed E-state index contributed by atoms with van der Waals surface area (Å²) >= 11 is 0. The van der Waals surface area contributed by atoms with Crippen molar-refractivity contribution in [3.63, 3.8) is 0 Å². The zero-order valence-corrected chi connectivity index (χ0v) is 8.35. The van der Waals surface area contributed by atoms with E-state index in [9.17, 15) is 10.1 Å². The highest BCUT2D eigenvalue weighted by atomic mass is 16.6. The highest BCUT2D eigenvalue weighted by Crippen LogP contribution is 2.48. The summed E-state index contributed by atoms with van der Waals surface area (Å²) in [5, 5.41) is 10.7. The number of pyridine rings is 1. The molecule has 0 saturated heterocycles. The van der Waals surface area contributed by atoms with Crippen LogP contribution >= 0.6 is 0 Å². The van der Waals surface area contributed by atoms with Gasteiger partial charge in [-0.15, -0.1) is 0 Å². The van der Waals surface area contributed by atoms with E-state index in [1.165, 1.54) is 31.9 Å². The molecular weight excluding hydrogens is 192 g/mol. The van der Waals surface area contributed by atoms with Crippen molar-refractivity contribution in [1.29, 1.82) is 0 Å². The van der Waals surface area contributed by atoms with Crippen LogP contribution in [0.5, 0.6) is 0 Å². The zero-order valence-electron chi connectivity index (χ0n) is 8.35. The van der Waals surface area contributed by atoms with Gasteiger partial charge in [0.1, 0.15) is 6.20 Å². The van der Waals surface area contributed by atoms with E-state index >= 15 is 0 Å². The number of nitrogens with zero attached hydrogens (tertiary/aromatic N) is 2. The summed E-state index contributed by atoms with van der Waals surface area (Å²) in [4.78, 5) is 14.6. The van der Waals surface area contributed by atoms with Crippen molar-refractivity contribution in [3.8, 4) is 0 Å². The topological polar surface area (TPSA) is 56.0 Å². The van der Waals surface area contributed by atoms with Crippen LogP contribution in [0.1, 0.15) is 48.8 Å². The Morgan fingerprint density at radius 3 is 2.60 bits per heavy atom. The molecule has 1 aromatic heterocycles. The van der Waals surface area contributed by atoms with Gasteiger partial charge < -0.3 is 0 Å². The fourth-order valence-electron chi connectivity index (χ4n) is 2.93. The maximum absolute atomic E-state index is 10.7. The molecule has 2 bridgehead atoms. The van der Waals surface area contributed by atoms with Gasteiger partial charge in [-0.3, -0.25) is 15.1 Å². The van der Waals surface area contributed by atoms with Crippen LogP contribution in [-0.4, -0.2) is 9.91 Å². The van der Waals surface area contributed by atoms with Gasteiger partial charge in [-0.2, -0.15) is 0 Å². The van der Waals surface area contributed by atoms with E-state index in [1.54, 1.807) is 6.07 Å². The lowest BCUT2D eigenvalue weighted by molar-refractivity contribution is -0.385. The number of fused-ring (bicyclic) bond motifs is 2. The van der Waals surface area contributed by atoms with Crippen LogP contribution < -0.4 is 0 Å². The fraction of sp³-hybridized carbons (Fsp3) is 0.545. The van der Waals surface area contributed by atoms with E-state index in [0.29, 0.717) is 11.8 Å². The van der Waals surface area contributed by atoms with E-state index in [4.69, 9.17) is 0 Å². The second-order valence-corrected chi connectivity index (χ2v) is 4.47. The molecule has 4 heteroatoms. The molecule has 4 nitrogen and oxygen atoms in total. The monoisotopic (exact) mass is 204 g/mol. The minimum Gasteiger partial charge on any atom is -0.258 e. The number of rotatable bonds is 1. The van der Waals surface area contributed by atoms with E-state index in [-0.39, 0.29) is 10.6 Å². The van der Waals surface area contributed by atoms with Gasteiger partial charge in [0.15, 0.2) is 0 Å². The Morgan fingerprint density at radius 2 is 1.93 bits per heavy atom. The minimum atomic E-state index is -0.352. The van der Waals surface area contributed by atoms with Gasteiger partial charge >= 0.3 is 0 Å². The first-order chi connectivity index (χ1) is 7.25. The van der Waals surface area contributed by atoms with Gasteiger partial charge in [-0.1, -0.05) is 0 Å². The Morgan fingerprint density at radius 1 is 1.27 bits per heavy atom. The molecule has 0 aliphatic heterocycles. The van der Waals surface area contributed by atoms with Gasteiger partial charge in [0.2, 0.25) is 0 Å². The molecule has 0 N–H and O–H groups in total. The maximum atomic E-state index is 10.7. The zero-order chi connectivity index (χ0) is 10.4. The smallest absolute Gasteiger partial charge is 0.258 e. The molecule has 78 valence electrons. The van der Waals surface area contributed by atoms with E-state index in [0.717, 1.165) is 11.3 Å². The number of hydrogen-bond donors (Lipinski definition) is 0. The molecule has 0 aromatic carbocycles. The third kappa shape index (κ3) is 1.24. The minimum absolute atomic E-state index is 0.140. The van der Waals surface area contributed by atoms with Crippen molar-refractivity contribution in [2.24, 2.45) is 0 Å². The van der Waals surface area contributed by atoms with Crippen molar-refractivity contribution in [2.75, 3.05) is 0 Å². The van der Waals surface area contributed by atoms with Crippen LogP contribution in [0.4, 0.5) is 5.69 Å². The largest absolute Gasteiger partial charge is 0.287 e. The van der Waals surface area contributed by atoms with Crippen LogP contribution in [-0.2, 0) is 0 Å². The molecule has 1 fully saturated rings. The molecule has 0 amide bonds. The second-order valence-electron chi connectivity index (χ2n) is 4.47. The first-order valence-electron chi connectivity index (χ1n) is 5.40. The molecule has 0 radical (unpaired) electrons. The molecule has 1 heterocycles. The third-order valence-electron chi connectivity index (χ3n) is 3.70. The standard InChI is InChI=1S/C11H12N2O2/c14-13(15)9-5-10-7-1-3-8(4-2-7)11(10)12-6-9/h5-8H,1-4H2. The lowest BCUT2D eigenvalue weighted by Gasteiger charge is -2.36. The summed E-state index contributed by atoms with van der Waals surface area (Å²) in [6.07, 6.45) is 6.19. The average molecular weight is 204 g/mol. The maximum Gasteiger partial charge on any atom is 0.287 e. The Kier molecular flexibility index (Phi) is 1.78. The van der Waals surface area contributed by atoms with Gasteiger partial charge in [0.25, 0.3) is 5.69 Å². The summed E-state index contributed by atoms with van der Waals surface area (Å²) in [6, 6.07) is 1.73. The molecule has 3 aliphatic rings. The third-order valence-corrected chi connectivity index (χ3v) is 3.70. The lowest BCUT2D eigenvalue weighted by Crippen LogP contribution is -2.22. The second kappa shape index (κ2) is 3.02. The number of aromatic nitrogens is 1. The summed E-state index contributed by atoms with van der Waals surface area (Å²) in [7, 11) is 0. The van der Waals surface area contributed by atoms with Crippen LogP contribution in [0.15, 0.2) is 12.3 Å². The molecular formula is C11H12N2O2. The summed E-state index contributed by atoms with van der Waals surface area (Å²) in [6.45, 7) is 0. The molecule has 0 atom stereocenters. The van der Waals surface area contributed by atoms with Crippen molar-refractivity contribution < 1.29 is 4.92 Å². The SMILES string of the molecule is O=[N+]([O-])c1cnc2c(c1)C1CCC2CC1. The summed E-state index contributed by atoms with van der Waals surface area (Å²) in [5.41, 5.74) is 2.41. The highest BCUT2D eigenvalue weighted by molar-refractivity contribution is 5.40. The van der Waals surface area contributed by atoms with Crippen molar-refractivity contribution >= 4 is 5.69 Å². The van der Waals surface area contributed by atoms with Crippen LogP contribution in [0.3, 0.4) is 0 Å².